The Kier molecular flexibility index (Phi) is 72.4. The molecule has 0 atom stereocenters. The molecule has 0 aliphatic heterocycles. The van der Waals surface area contributed by atoms with Gasteiger partial charge in [-0.05, 0) is 0 Å². The minimum atomic E-state index is 0. The van der Waals surface area contributed by atoms with Crippen molar-refractivity contribution in [3.63, 3.8) is 0 Å². The van der Waals surface area contributed by atoms with Gasteiger partial charge < -0.3 is 44.1 Å². The summed E-state index contributed by atoms with van der Waals surface area (Å²) in [4.78, 5) is 0. The molecule has 75 valence electrons. The van der Waals surface area contributed by atoms with Crippen LogP contribution in [0.3, 0.4) is 0 Å². The summed E-state index contributed by atoms with van der Waals surface area (Å²) in [6.07, 6.45) is 11.0. The SMILES string of the molecule is [C-]1=CC=CC1.[CH2-]CC.[Cl-].[Cl-].[Cl-].[V]. The predicted molar refractivity (Wildman–Crippen MR) is 37.2 cm³/mol. The van der Waals surface area contributed by atoms with Gasteiger partial charge in [-0.1, -0.05) is 6.92 Å². The monoisotopic (exact) mass is 264 g/mol. The van der Waals surface area contributed by atoms with Crippen LogP contribution < -0.4 is 37.2 Å². The van der Waals surface area contributed by atoms with Gasteiger partial charge in [0, 0.05) is 18.6 Å². The van der Waals surface area contributed by atoms with E-state index in [1.54, 1.807) is 0 Å². The topological polar surface area (TPSA) is 0 Å². The maximum absolute atomic E-state index is 3.49. The fraction of sp³-hybridized carbons (Fsp3) is 0.375. The van der Waals surface area contributed by atoms with E-state index in [1.807, 2.05) is 19.1 Å². The fourth-order valence-electron chi connectivity index (χ4n) is 0.340. The smallest absolute Gasteiger partial charge is 0 e. The van der Waals surface area contributed by atoms with Crippen LogP contribution in [0.15, 0.2) is 18.2 Å². The van der Waals surface area contributed by atoms with E-state index in [9.17, 15) is 0 Å². The van der Waals surface area contributed by atoms with E-state index in [4.69, 9.17) is 0 Å². The zero-order valence-corrected chi connectivity index (χ0v) is 10.6. The van der Waals surface area contributed by atoms with E-state index >= 15 is 0 Å². The molecule has 0 bridgehead atoms. The normalized spacial score (nSPS) is 8.83. The Labute approximate surface area is 106 Å². The third kappa shape index (κ3) is 30.6. The van der Waals surface area contributed by atoms with Crippen molar-refractivity contribution in [2.75, 3.05) is 0 Å². The van der Waals surface area contributed by atoms with Crippen LogP contribution in [0.5, 0.6) is 0 Å². The molecule has 4 heteroatoms. The van der Waals surface area contributed by atoms with Gasteiger partial charge in [0.2, 0.25) is 0 Å². The molecule has 12 heavy (non-hydrogen) atoms. The van der Waals surface area contributed by atoms with Crippen LogP contribution in [0.1, 0.15) is 19.8 Å². The summed E-state index contributed by atoms with van der Waals surface area (Å²) in [5, 5.41) is 0. The van der Waals surface area contributed by atoms with Crippen LogP contribution in [0, 0.1) is 13.0 Å². The molecule has 0 saturated heterocycles. The summed E-state index contributed by atoms with van der Waals surface area (Å²) >= 11 is 0. The molecular weight excluding hydrogens is 253 g/mol. The molecule has 0 nitrogen and oxygen atoms in total. The minimum absolute atomic E-state index is 0. The molecule has 0 fully saturated rings. The van der Waals surface area contributed by atoms with Crippen molar-refractivity contribution in [3.8, 4) is 0 Å². The van der Waals surface area contributed by atoms with Crippen molar-refractivity contribution in [2.45, 2.75) is 19.8 Å². The van der Waals surface area contributed by atoms with Crippen molar-refractivity contribution < 1.29 is 55.8 Å². The van der Waals surface area contributed by atoms with Gasteiger partial charge in [0.05, 0.1) is 0 Å². The first-order chi connectivity index (χ1) is 3.91. The molecule has 0 aromatic carbocycles. The first kappa shape index (κ1) is 29.3. The Morgan fingerprint density at radius 3 is 1.83 bits per heavy atom. The number of rotatable bonds is 0. The second kappa shape index (κ2) is 29.7. The summed E-state index contributed by atoms with van der Waals surface area (Å²) in [6, 6.07) is 0. The van der Waals surface area contributed by atoms with Crippen molar-refractivity contribution in [2.24, 2.45) is 0 Å². The van der Waals surface area contributed by atoms with E-state index in [2.05, 4.69) is 19.1 Å². The molecular formula is C8H12Cl3V-5. The molecule has 0 amide bonds. The molecule has 0 heterocycles. The molecule has 0 N–H and O–H groups in total. The molecule has 1 radical (unpaired) electrons. The third-order valence-corrected chi connectivity index (χ3v) is 0.586. The number of hydrogen-bond donors (Lipinski definition) is 0. The molecule has 0 aromatic rings. The minimum Gasteiger partial charge on any atom is -1.00 e. The Hall–Kier alpha value is 0.934. The average molecular weight is 265 g/mol. The molecule has 1 aliphatic rings. The average Bonchev–Trinajstić information content (AvgIpc) is 2.17. The van der Waals surface area contributed by atoms with Crippen LogP contribution in [0.25, 0.3) is 0 Å². The Bertz CT molecular complexity index is 82.3. The third-order valence-electron chi connectivity index (χ3n) is 0.586. The number of halogens is 3. The summed E-state index contributed by atoms with van der Waals surface area (Å²) in [6.45, 7) is 5.50. The second-order valence-electron chi connectivity index (χ2n) is 1.50. The van der Waals surface area contributed by atoms with Crippen LogP contribution in [-0.2, 0) is 18.6 Å². The van der Waals surface area contributed by atoms with Gasteiger partial charge in [0.1, 0.15) is 0 Å². The standard InChI is InChI=1S/C5H5.C3H7.3ClH.V/c1-2-4-5-3-1;1-3-2;;;;/h1-3H,4H2;1,3H2,2H3;3*1H;/q2*-1;;;;/p-3. The second-order valence-corrected chi connectivity index (χ2v) is 1.50. The van der Waals surface area contributed by atoms with Gasteiger partial charge in [-0.3, -0.25) is 6.08 Å². The zero-order chi connectivity index (χ0) is 6.24. The quantitative estimate of drug-likeness (QED) is 0.382. The Morgan fingerprint density at radius 2 is 1.75 bits per heavy atom. The Balaban J connectivity index is -0.0000000219. The van der Waals surface area contributed by atoms with Crippen LogP contribution in [0.4, 0.5) is 0 Å². The maximum Gasteiger partial charge on any atom is 0 e. The summed E-state index contributed by atoms with van der Waals surface area (Å²) < 4.78 is 0. The summed E-state index contributed by atoms with van der Waals surface area (Å²) in [5.74, 6) is 0. The number of allylic oxidation sites excluding steroid dienone is 4. The van der Waals surface area contributed by atoms with E-state index in [1.165, 1.54) is 0 Å². The van der Waals surface area contributed by atoms with Crippen molar-refractivity contribution in [3.05, 3.63) is 31.2 Å². The van der Waals surface area contributed by atoms with Gasteiger partial charge in [0.25, 0.3) is 0 Å². The first-order valence-electron chi connectivity index (χ1n) is 2.92. The largest absolute Gasteiger partial charge is 1.00 e. The summed E-state index contributed by atoms with van der Waals surface area (Å²) in [7, 11) is 0. The van der Waals surface area contributed by atoms with E-state index in [0.29, 0.717) is 0 Å². The molecule has 0 saturated carbocycles. The van der Waals surface area contributed by atoms with Gasteiger partial charge in [-0.25, -0.2) is 12.2 Å². The van der Waals surface area contributed by atoms with Crippen LogP contribution in [0.2, 0.25) is 0 Å². The van der Waals surface area contributed by atoms with Gasteiger partial charge in [-0.2, -0.15) is 12.5 Å². The zero-order valence-electron chi connectivity index (χ0n) is 6.93. The maximum atomic E-state index is 3.49. The van der Waals surface area contributed by atoms with Gasteiger partial charge in [0.15, 0.2) is 0 Å². The molecule has 0 spiro atoms. The molecule has 1 rings (SSSR count). The fourth-order valence-corrected chi connectivity index (χ4v) is 0.340. The van der Waals surface area contributed by atoms with Crippen LogP contribution >= 0.6 is 0 Å². The van der Waals surface area contributed by atoms with Crippen molar-refractivity contribution in [1.82, 2.24) is 0 Å². The van der Waals surface area contributed by atoms with E-state index in [-0.39, 0.29) is 55.8 Å². The first-order valence-corrected chi connectivity index (χ1v) is 2.92. The predicted octanol–water partition coefficient (Wildman–Crippen LogP) is -6.45. The van der Waals surface area contributed by atoms with E-state index in [0.717, 1.165) is 12.8 Å². The van der Waals surface area contributed by atoms with Crippen LogP contribution in [-0.4, -0.2) is 0 Å². The van der Waals surface area contributed by atoms with E-state index < -0.39 is 0 Å². The van der Waals surface area contributed by atoms with Crippen molar-refractivity contribution in [1.29, 1.82) is 0 Å². The molecule has 0 aromatic heterocycles. The Morgan fingerprint density at radius 1 is 1.33 bits per heavy atom. The van der Waals surface area contributed by atoms with Crippen molar-refractivity contribution >= 4 is 0 Å². The molecule has 1 aliphatic carbocycles. The van der Waals surface area contributed by atoms with Gasteiger partial charge in [-0.15, -0.1) is 6.42 Å². The summed E-state index contributed by atoms with van der Waals surface area (Å²) in [5.41, 5.74) is 0. The molecule has 0 unspecified atom stereocenters. The number of hydrogen-bond acceptors (Lipinski definition) is 0. The van der Waals surface area contributed by atoms with Gasteiger partial charge >= 0.3 is 0 Å².